The van der Waals surface area contributed by atoms with Crippen LogP contribution in [0.5, 0.6) is 11.5 Å². The van der Waals surface area contributed by atoms with Gasteiger partial charge in [-0.25, -0.2) is 4.68 Å². The van der Waals surface area contributed by atoms with Gasteiger partial charge in [0.1, 0.15) is 18.1 Å². The minimum Gasteiger partial charge on any atom is -0.504 e. The number of allylic oxidation sites excluding steroid dienone is 2. The van der Waals surface area contributed by atoms with E-state index in [-0.39, 0.29) is 17.5 Å². The summed E-state index contributed by atoms with van der Waals surface area (Å²) in [5.74, 6) is 1.78. The van der Waals surface area contributed by atoms with Crippen LogP contribution in [0.4, 0.5) is 5.95 Å². The number of ether oxygens (including phenoxy) is 1. The maximum absolute atomic E-state index is 13.2. The van der Waals surface area contributed by atoms with E-state index in [4.69, 9.17) is 9.15 Å². The number of hydrogen-bond acceptors (Lipinski definition) is 7. The predicted octanol–water partition coefficient (Wildman–Crippen LogP) is 3.00. The molecule has 2 N–H and O–H groups in total. The van der Waals surface area contributed by atoms with Crippen LogP contribution >= 0.6 is 0 Å². The minimum atomic E-state index is -0.437. The molecule has 2 aliphatic rings. The molecule has 142 valence electrons. The number of nitrogens with one attached hydrogen (secondary N) is 1. The van der Waals surface area contributed by atoms with E-state index >= 15 is 0 Å². The van der Waals surface area contributed by atoms with Crippen LogP contribution in [-0.4, -0.2) is 32.8 Å². The van der Waals surface area contributed by atoms with E-state index in [9.17, 15) is 9.90 Å². The molecule has 0 radical (unpaired) electrons. The molecular weight excluding hydrogens is 360 g/mol. The van der Waals surface area contributed by atoms with Crippen molar-refractivity contribution in [3.8, 4) is 11.5 Å². The van der Waals surface area contributed by atoms with Crippen LogP contribution in [0.25, 0.3) is 0 Å². The molecule has 0 fully saturated rings. The summed E-state index contributed by atoms with van der Waals surface area (Å²) in [6, 6.07) is 8.36. The molecule has 2 aromatic heterocycles. The number of rotatable bonds is 3. The van der Waals surface area contributed by atoms with Crippen molar-refractivity contribution in [2.45, 2.75) is 24.8 Å². The van der Waals surface area contributed by atoms with E-state index in [0.29, 0.717) is 30.1 Å². The largest absolute Gasteiger partial charge is 0.504 e. The Bertz CT molecular complexity index is 1080. The Morgan fingerprint density at radius 2 is 2.21 bits per heavy atom. The number of carbonyl (C=O) groups excluding carboxylic acids is 1. The molecule has 0 spiro atoms. The van der Waals surface area contributed by atoms with E-state index in [1.807, 2.05) is 12.1 Å². The van der Waals surface area contributed by atoms with Crippen molar-refractivity contribution in [2.75, 3.05) is 12.4 Å². The van der Waals surface area contributed by atoms with Crippen LogP contribution in [-0.2, 0) is 4.79 Å². The number of hydrogen-bond donors (Lipinski definition) is 2. The lowest BCUT2D eigenvalue weighted by atomic mass is 9.79. The van der Waals surface area contributed by atoms with E-state index in [1.54, 1.807) is 29.1 Å². The van der Waals surface area contributed by atoms with E-state index in [2.05, 4.69) is 15.4 Å². The summed E-state index contributed by atoms with van der Waals surface area (Å²) >= 11 is 0. The van der Waals surface area contributed by atoms with Crippen LogP contribution in [0.1, 0.15) is 36.1 Å². The van der Waals surface area contributed by atoms with Crippen LogP contribution in [0.3, 0.4) is 0 Å². The van der Waals surface area contributed by atoms with Crippen molar-refractivity contribution in [2.24, 2.45) is 0 Å². The maximum atomic E-state index is 13.2. The van der Waals surface area contributed by atoms with Crippen molar-refractivity contribution in [1.29, 1.82) is 0 Å². The number of nitrogens with zero attached hydrogens (tertiary/aromatic N) is 3. The lowest BCUT2D eigenvalue weighted by molar-refractivity contribution is -0.117. The van der Waals surface area contributed by atoms with Gasteiger partial charge in [0.2, 0.25) is 5.95 Å². The highest BCUT2D eigenvalue weighted by Gasteiger charge is 2.40. The number of anilines is 1. The number of phenols is 1. The number of Topliss-reactive ketones (excluding diaryl/α,β-unsaturated/α-hetero) is 1. The maximum Gasteiger partial charge on any atom is 0.226 e. The molecule has 1 aromatic carbocycles. The van der Waals surface area contributed by atoms with Crippen LogP contribution in [0.15, 0.2) is 58.6 Å². The SMILES string of the molecule is COc1cc([C@@H]2C3=C(C[C@@H](c4ccco4)CC3=O)Nc3ncnn32)ccc1O. The molecule has 1 aliphatic heterocycles. The first-order chi connectivity index (χ1) is 13.7. The number of aromatic hydroxyl groups is 1. The smallest absolute Gasteiger partial charge is 0.226 e. The molecule has 0 unspecified atom stereocenters. The van der Waals surface area contributed by atoms with E-state index in [0.717, 1.165) is 17.0 Å². The van der Waals surface area contributed by atoms with Gasteiger partial charge in [0.05, 0.1) is 13.4 Å². The number of ketones is 1. The molecule has 5 rings (SSSR count). The molecule has 1 aliphatic carbocycles. The van der Waals surface area contributed by atoms with Gasteiger partial charge in [-0.3, -0.25) is 4.79 Å². The zero-order valence-corrected chi connectivity index (χ0v) is 15.1. The van der Waals surface area contributed by atoms with Gasteiger partial charge in [0.25, 0.3) is 0 Å². The van der Waals surface area contributed by atoms with Crippen molar-refractivity contribution >= 4 is 11.7 Å². The molecule has 8 nitrogen and oxygen atoms in total. The Morgan fingerprint density at radius 3 is 3.00 bits per heavy atom. The summed E-state index contributed by atoms with van der Waals surface area (Å²) in [6.45, 7) is 0. The lowest BCUT2D eigenvalue weighted by Gasteiger charge is -2.34. The second-order valence-corrected chi connectivity index (χ2v) is 6.92. The quantitative estimate of drug-likeness (QED) is 0.722. The van der Waals surface area contributed by atoms with Crippen molar-refractivity contribution in [1.82, 2.24) is 14.8 Å². The summed E-state index contributed by atoms with van der Waals surface area (Å²) in [7, 11) is 1.49. The summed E-state index contributed by atoms with van der Waals surface area (Å²) in [6.07, 6.45) is 4.09. The third-order valence-electron chi connectivity index (χ3n) is 5.33. The second kappa shape index (κ2) is 6.26. The first-order valence-corrected chi connectivity index (χ1v) is 8.98. The molecule has 8 heteroatoms. The van der Waals surface area contributed by atoms with Gasteiger partial charge >= 0.3 is 0 Å². The number of benzene rings is 1. The third kappa shape index (κ3) is 2.49. The Morgan fingerprint density at radius 1 is 1.32 bits per heavy atom. The first kappa shape index (κ1) is 16.6. The van der Waals surface area contributed by atoms with Crippen molar-refractivity contribution in [3.63, 3.8) is 0 Å². The van der Waals surface area contributed by atoms with Gasteiger partial charge in [-0.05, 0) is 36.2 Å². The number of furan rings is 1. The Labute approximate surface area is 160 Å². The minimum absolute atomic E-state index is 0.0155. The fourth-order valence-corrected chi connectivity index (χ4v) is 4.05. The fourth-order valence-electron chi connectivity index (χ4n) is 4.05. The Balaban J connectivity index is 1.63. The van der Waals surface area contributed by atoms with Gasteiger partial charge in [-0.15, -0.1) is 0 Å². The van der Waals surface area contributed by atoms with Crippen LogP contribution in [0, 0.1) is 0 Å². The first-order valence-electron chi connectivity index (χ1n) is 8.98. The molecule has 28 heavy (non-hydrogen) atoms. The normalized spacial score (nSPS) is 21.1. The monoisotopic (exact) mass is 378 g/mol. The van der Waals surface area contributed by atoms with Gasteiger partial charge in [0.15, 0.2) is 17.3 Å². The van der Waals surface area contributed by atoms with E-state index < -0.39 is 6.04 Å². The van der Waals surface area contributed by atoms with Crippen LogP contribution < -0.4 is 10.1 Å². The number of methoxy groups -OCH3 is 1. The highest BCUT2D eigenvalue weighted by molar-refractivity contribution is 6.00. The molecule has 0 amide bonds. The molecule has 2 atom stereocenters. The number of phenolic OH excluding ortho intramolecular Hbond substituents is 1. The second-order valence-electron chi connectivity index (χ2n) is 6.92. The molecule has 0 bridgehead atoms. The van der Waals surface area contributed by atoms with Crippen molar-refractivity contribution < 1.29 is 19.1 Å². The number of fused-ring (bicyclic) bond motifs is 1. The fraction of sp³-hybridized carbons (Fsp3) is 0.250. The summed E-state index contributed by atoms with van der Waals surface area (Å²) in [5.41, 5.74) is 2.28. The highest BCUT2D eigenvalue weighted by Crippen LogP contribution is 2.44. The topological polar surface area (TPSA) is 102 Å². The van der Waals surface area contributed by atoms with Crippen molar-refractivity contribution in [3.05, 3.63) is 65.5 Å². The van der Waals surface area contributed by atoms with Gasteiger partial charge in [0, 0.05) is 23.6 Å². The molecular formula is C20H18N4O4. The average Bonchev–Trinajstić information content (AvgIpc) is 3.38. The molecule has 3 heterocycles. The number of carbonyl (C=O) groups is 1. The molecule has 0 saturated heterocycles. The molecule has 0 saturated carbocycles. The Kier molecular flexibility index (Phi) is 3.71. The summed E-state index contributed by atoms with van der Waals surface area (Å²) in [4.78, 5) is 17.5. The predicted molar refractivity (Wildman–Crippen MR) is 99.2 cm³/mol. The van der Waals surface area contributed by atoms with Gasteiger partial charge < -0.3 is 19.6 Å². The lowest BCUT2D eigenvalue weighted by Crippen LogP contribution is -2.33. The Hall–Kier alpha value is -3.55. The summed E-state index contributed by atoms with van der Waals surface area (Å²) < 4.78 is 12.5. The van der Waals surface area contributed by atoms with E-state index in [1.165, 1.54) is 13.4 Å². The van der Waals surface area contributed by atoms with Gasteiger partial charge in [-0.1, -0.05) is 6.07 Å². The number of aromatic nitrogens is 3. The average molecular weight is 378 g/mol. The van der Waals surface area contributed by atoms with Gasteiger partial charge in [-0.2, -0.15) is 10.1 Å². The highest BCUT2D eigenvalue weighted by atomic mass is 16.5. The zero-order valence-electron chi connectivity index (χ0n) is 15.1. The third-order valence-corrected chi connectivity index (χ3v) is 5.33. The standard InChI is InChI=1S/C20H18N4O4/c1-27-17-9-11(4-5-14(17)25)19-18-13(23-20-21-10-22-24(19)20)7-12(8-15(18)26)16-3-2-6-28-16/h2-6,9-10,12,19,25H,7-8H2,1H3,(H,21,22,23)/t12-,19-/m1/s1. The summed E-state index contributed by atoms with van der Waals surface area (Å²) in [5, 5.41) is 17.5. The zero-order chi connectivity index (χ0) is 19.3. The van der Waals surface area contributed by atoms with Crippen LogP contribution in [0.2, 0.25) is 0 Å². The molecule has 3 aromatic rings.